The Kier molecular flexibility index (Phi) is 12.8. The van der Waals surface area contributed by atoms with Gasteiger partial charge in [0.15, 0.2) is 0 Å². The maximum absolute atomic E-state index is 12.8. The summed E-state index contributed by atoms with van der Waals surface area (Å²) < 4.78 is 1.49. The van der Waals surface area contributed by atoms with Gasteiger partial charge in [-0.3, -0.25) is 14.2 Å². The Morgan fingerprint density at radius 1 is 1.19 bits per heavy atom. The first-order valence-electron chi connectivity index (χ1n) is 14.7. The van der Waals surface area contributed by atoms with E-state index in [1.54, 1.807) is 18.2 Å². The van der Waals surface area contributed by atoms with Crippen molar-refractivity contribution in [1.82, 2.24) is 19.4 Å². The predicted octanol–water partition coefficient (Wildman–Crippen LogP) is 2.53. The lowest BCUT2D eigenvalue weighted by atomic mass is 9.91. The van der Waals surface area contributed by atoms with Crippen LogP contribution in [0.2, 0.25) is 0 Å². The van der Waals surface area contributed by atoms with Gasteiger partial charge in [0.1, 0.15) is 6.29 Å². The summed E-state index contributed by atoms with van der Waals surface area (Å²) in [5, 5.41) is 14.1. The summed E-state index contributed by atoms with van der Waals surface area (Å²) >= 11 is 0. The molecule has 0 radical (unpaired) electrons. The number of piperidine rings is 1. The average molecular weight is 579 g/mol. The third-order valence-corrected chi connectivity index (χ3v) is 7.59. The number of rotatable bonds is 12. The van der Waals surface area contributed by atoms with Gasteiger partial charge >= 0.3 is 0 Å². The first-order valence-corrected chi connectivity index (χ1v) is 14.7. The van der Waals surface area contributed by atoms with Crippen LogP contribution in [-0.2, 0) is 22.6 Å². The molecule has 0 aliphatic carbocycles. The number of amides is 1. The molecule has 1 aliphatic heterocycles. The third-order valence-electron chi connectivity index (χ3n) is 7.59. The summed E-state index contributed by atoms with van der Waals surface area (Å²) in [7, 11) is 5.86. The smallest absolute Gasteiger partial charge is 0.261 e. The zero-order valence-corrected chi connectivity index (χ0v) is 25.2. The number of benzene rings is 2. The zero-order valence-electron chi connectivity index (χ0n) is 25.2. The molecule has 10 heteroatoms. The molecule has 1 aliphatic rings. The van der Waals surface area contributed by atoms with Gasteiger partial charge in [0.2, 0.25) is 5.91 Å². The zero-order chi connectivity index (χ0) is 30.5. The number of hydrogen-bond acceptors (Lipinski definition) is 8. The summed E-state index contributed by atoms with van der Waals surface area (Å²) in [4.78, 5) is 44.1. The van der Waals surface area contributed by atoms with Crippen molar-refractivity contribution < 1.29 is 14.7 Å². The monoisotopic (exact) mass is 578 g/mol. The van der Waals surface area contributed by atoms with Crippen molar-refractivity contribution in [3.63, 3.8) is 0 Å². The number of aldehydes is 1. The van der Waals surface area contributed by atoms with E-state index in [-0.39, 0.29) is 23.9 Å². The highest BCUT2D eigenvalue weighted by Crippen LogP contribution is 2.23. The molecule has 10 nitrogen and oxygen atoms in total. The molecule has 1 fully saturated rings. The molecule has 1 unspecified atom stereocenters. The van der Waals surface area contributed by atoms with E-state index in [2.05, 4.69) is 27.3 Å². The molecule has 0 bridgehead atoms. The Labute approximate surface area is 248 Å². The normalized spacial score (nSPS) is 15.6. The van der Waals surface area contributed by atoms with Crippen LogP contribution < -0.4 is 16.6 Å². The van der Waals surface area contributed by atoms with Gasteiger partial charge in [-0.15, -0.1) is 0 Å². The second kappa shape index (κ2) is 16.3. The molecule has 2 heterocycles. The molecule has 4 rings (SSSR count). The van der Waals surface area contributed by atoms with Gasteiger partial charge in [0, 0.05) is 37.7 Å². The summed E-state index contributed by atoms with van der Waals surface area (Å²) in [6.45, 7) is 3.19. The van der Waals surface area contributed by atoms with Crippen molar-refractivity contribution >= 4 is 28.8 Å². The second-order valence-corrected chi connectivity index (χ2v) is 11.6. The Bertz CT molecular complexity index is 1340. The van der Waals surface area contributed by atoms with Gasteiger partial charge in [-0.2, -0.15) is 0 Å². The van der Waals surface area contributed by atoms with Crippen molar-refractivity contribution in [1.29, 1.82) is 0 Å². The minimum atomic E-state index is -0.883. The molecule has 2 aromatic carbocycles. The third kappa shape index (κ3) is 10.4. The van der Waals surface area contributed by atoms with E-state index in [1.165, 1.54) is 16.5 Å². The molecular weight excluding hydrogens is 532 g/mol. The fourth-order valence-corrected chi connectivity index (χ4v) is 4.92. The van der Waals surface area contributed by atoms with E-state index in [0.717, 1.165) is 38.6 Å². The maximum Gasteiger partial charge on any atom is 0.261 e. The predicted molar refractivity (Wildman–Crippen MR) is 167 cm³/mol. The first kappa shape index (κ1) is 33.1. The van der Waals surface area contributed by atoms with Gasteiger partial charge < -0.3 is 30.8 Å². The lowest BCUT2D eigenvalue weighted by Gasteiger charge is -2.36. The molecule has 228 valence electrons. The lowest BCUT2D eigenvalue weighted by Crippen LogP contribution is -2.46. The molecule has 3 aromatic rings. The van der Waals surface area contributed by atoms with E-state index >= 15 is 0 Å². The lowest BCUT2D eigenvalue weighted by molar-refractivity contribution is -0.116. The summed E-state index contributed by atoms with van der Waals surface area (Å²) in [5.74, 6) is 0.0480. The molecular formula is C32H46N6O4. The summed E-state index contributed by atoms with van der Waals surface area (Å²) in [5.41, 5.74) is 6.72. The van der Waals surface area contributed by atoms with Crippen molar-refractivity contribution in [3.05, 3.63) is 70.8 Å². The number of carbonyl (C=O) groups is 2. The van der Waals surface area contributed by atoms with Crippen LogP contribution in [0.5, 0.6) is 0 Å². The number of nitrogens with one attached hydrogen (secondary N) is 1. The highest BCUT2D eigenvalue weighted by Gasteiger charge is 2.32. The Hall–Kier alpha value is -3.44. The first-order chi connectivity index (χ1) is 20.1. The fourth-order valence-electron chi connectivity index (χ4n) is 4.92. The van der Waals surface area contributed by atoms with Crippen LogP contribution in [0.15, 0.2) is 59.7 Å². The minimum absolute atomic E-state index is 0.0779. The van der Waals surface area contributed by atoms with Crippen LogP contribution in [0.4, 0.5) is 5.69 Å². The van der Waals surface area contributed by atoms with Crippen LogP contribution in [0, 0.1) is 5.92 Å². The molecule has 0 saturated carbocycles. The summed E-state index contributed by atoms with van der Waals surface area (Å²) in [6.07, 6.45) is 6.85. The maximum atomic E-state index is 12.8. The minimum Gasteiger partial charge on any atom is -0.388 e. The van der Waals surface area contributed by atoms with E-state index in [1.807, 2.05) is 44.2 Å². The number of carbonyl (C=O) groups excluding carboxylic acids is 2. The van der Waals surface area contributed by atoms with Crippen LogP contribution in [-0.4, -0.2) is 89.6 Å². The summed E-state index contributed by atoms with van der Waals surface area (Å²) in [6, 6.07) is 15.2. The largest absolute Gasteiger partial charge is 0.388 e. The van der Waals surface area contributed by atoms with E-state index in [4.69, 9.17) is 5.73 Å². The van der Waals surface area contributed by atoms with E-state index in [0.29, 0.717) is 48.9 Å². The second-order valence-electron chi connectivity index (χ2n) is 11.6. The topological polar surface area (TPSA) is 134 Å². The Balaban J connectivity index is 0.000000291. The fraction of sp³-hybridized carbons (Fsp3) is 0.500. The molecule has 1 amide bonds. The van der Waals surface area contributed by atoms with Crippen molar-refractivity contribution in [2.45, 2.75) is 50.7 Å². The van der Waals surface area contributed by atoms with Crippen LogP contribution in [0.25, 0.3) is 10.9 Å². The van der Waals surface area contributed by atoms with Crippen LogP contribution in [0.3, 0.4) is 0 Å². The molecule has 42 heavy (non-hydrogen) atoms. The number of aromatic nitrogens is 2. The highest BCUT2D eigenvalue weighted by molar-refractivity contribution is 5.93. The molecule has 1 atom stereocenters. The number of fused-ring (bicyclic) bond motifs is 1. The molecule has 1 saturated heterocycles. The number of nitrogens with two attached hydrogens (primary N) is 1. The van der Waals surface area contributed by atoms with Crippen molar-refractivity contribution in [2.75, 3.05) is 52.6 Å². The van der Waals surface area contributed by atoms with Gasteiger partial charge in [0.05, 0.1) is 29.4 Å². The quantitative estimate of drug-likeness (QED) is 0.279. The molecule has 1 aromatic heterocycles. The van der Waals surface area contributed by atoms with E-state index in [9.17, 15) is 19.5 Å². The SMILES string of the molecule is CN(C)CCC(=O)Nc1ccc2c(=O)n(CC3(O)CCN(C)CC3)cnc2c1.NCCCC(C=O)Cc1ccccc1. The average Bonchev–Trinajstić information content (AvgIpc) is 2.98. The number of anilines is 1. The highest BCUT2D eigenvalue weighted by atomic mass is 16.3. The van der Waals surface area contributed by atoms with Crippen LogP contribution >= 0.6 is 0 Å². The van der Waals surface area contributed by atoms with Crippen molar-refractivity contribution in [3.8, 4) is 0 Å². The number of hydrogen-bond donors (Lipinski definition) is 3. The van der Waals surface area contributed by atoms with Gasteiger partial charge in [-0.1, -0.05) is 30.3 Å². The number of aliphatic hydroxyl groups is 1. The van der Waals surface area contributed by atoms with Gasteiger partial charge in [-0.05, 0) is 83.6 Å². The Morgan fingerprint density at radius 2 is 1.90 bits per heavy atom. The Morgan fingerprint density at radius 3 is 2.55 bits per heavy atom. The van der Waals surface area contributed by atoms with Crippen molar-refractivity contribution in [2.24, 2.45) is 11.7 Å². The molecule has 0 spiro atoms. The van der Waals surface area contributed by atoms with Crippen LogP contribution in [0.1, 0.15) is 37.7 Å². The van der Waals surface area contributed by atoms with Gasteiger partial charge in [0.25, 0.3) is 5.56 Å². The van der Waals surface area contributed by atoms with Gasteiger partial charge in [-0.25, -0.2) is 4.98 Å². The number of nitrogens with zero attached hydrogens (tertiary/aromatic N) is 4. The molecule has 4 N–H and O–H groups in total. The number of likely N-dealkylation sites (tertiary alicyclic amines) is 1. The standard InChI is InChI=1S/C20H29N5O3.C12H17NO/c1-23(2)9-6-18(26)22-15-4-5-16-17(12-15)21-14-25(19(16)27)13-20(28)7-10-24(3)11-8-20;13-8-4-7-12(10-14)9-11-5-2-1-3-6-11/h4-5,12,14,28H,6-11,13H2,1-3H3,(H,22,26);1-3,5-6,10,12H,4,7-9,13H2. The van der Waals surface area contributed by atoms with E-state index < -0.39 is 5.60 Å².